The standard InChI is InChI=1S/C24H26N6/c1-16-15-30(24-27-13-18-5-3-4-6-21(18)28-24)23-11-17(7-10-22(23)29(16)2)19(12-25)14-26-20-8-9-20/h3-7,10-14,16,20,25-26H,8-9,15H2,1-2H3/b19-14+,25-12?. The molecule has 6 nitrogen and oxygen atoms in total. The van der Waals surface area contributed by atoms with Crippen molar-refractivity contribution in [2.24, 2.45) is 0 Å². The molecule has 1 fully saturated rings. The minimum Gasteiger partial charge on any atom is -0.388 e. The topological polar surface area (TPSA) is 68.1 Å². The van der Waals surface area contributed by atoms with Gasteiger partial charge in [0.15, 0.2) is 0 Å². The molecule has 1 unspecified atom stereocenters. The van der Waals surface area contributed by atoms with Crippen molar-refractivity contribution in [2.45, 2.75) is 31.8 Å². The largest absolute Gasteiger partial charge is 0.388 e. The third-order valence-electron chi connectivity index (χ3n) is 6.01. The monoisotopic (exact) mass is 398 g/mol. The van der Waals surface area contributed by atoms with Gasteiger partial charge in [0.25, 0.3) is 0 Å². The van der Waals surface area contributed by atoms with Crippen LogP contribution < -0.4 is 15.1 Å². The van der Waals surface area contributed by atoms with Crippen molar-refractivity contribution in [3.8, 4) is 0 Å². The van der Waals surface area contributed by atoms with Crippen molar-refractivity contribution in [3.63, 3.8) is 0 Å². The van der Waals surface area contributed by atoms with Gasteiger partial charge in [-0.15, -0.1) is 0 Å². The molecule has 0 saturated heterocycles. The van der Waals surface area contributed by atoms with Crippen LogP contribution in [0.5, 0.6) is 0 Å². The van der Waals surface area contributed by atoms with Gasteiger partial charge in [0, 0.05) is 55.2 Å². The number of rotatable bonds is 5. The summed E-state index contributed by atoms with van der Waals surface area (Å²) in [6.45, 7) is 3.02. The van der Waals surface area contributed by atoms with Crippen LogP contribution in [0.4, 0.5) is 17.3 Å². The quantitative estimate of drug-likeness (QED) is 0.626. The van der Waals surface area contributed by atoms with Crippen LogP contribution in [0, 0.1) is 5.41 Å². The van der Waals surface area contributed by atoms with Gasteiger partial charge in [-0.25, -0.2) is 9.97 Å². The maximum atomic E-state index is 7.90. The van der Waals surface area contributed by atoms with E-state index < -0.39 is 0 Å². The number of anilines is 3. The van der Waals surface area contributed by atoms with Gasteiger partial charge in [0.05, 0.1) is 16.9 Å². The maximum Gasteiger partial charge on any atom is 0.230 e. The molecule has 1 aromatic heterocycles. The van der Waals surface area contributed by atoms with E-state index in [2.05, 4.69) is 52.3 Å². The zero-order valence-electron chi connectivity index (χ0n) is 17.3. The Labute approximate surface area is 176 Å². The molecule has 6 heteroatoms. The fourth-order valence-corrected chi connectivity index (χ4v) is 3.89. The Balaban J connectivity index is 1.58. The number of para-hydroxylation sites is 1. The lowest BCUT2D eigenvalue weighted by atomic mass is 10.0. The molecule has 0 amide bonds. The summed E-state index contributed by atoms with van der Waals surface area (Å²) in [6, 6.07) is 15.3. The van der Waals surface area contributed by atoms with E-state index in [9.17, 15) is 0 Å². The number of aromatic nitrogens is 2. The summed E-state index contributed by atoms with van der Waals surface area (Å²) < 4.78 is 0. The highest BCUT2D eigenvalue weighted by atomic mass is 15.3. The Morgan fingerprint density at radius 1 is 1.17 bits per heavy atom. The van der Waals surface area contributed by atoms with Gasteiger partial charge in [-0.05, 0) is 43.5 Å². The van der Waals surface area contributed by atoms with Gasteiger partial charge in [-0.3, -0.25) is 0 Å². The van der Waals surface area contributed by atoms with Gasteiger partial charge < -0.3 is 20.5 Å². The fourth-order valence-electron chi connectivity index (χ4n) is 3.89. The third kappa shape index (κ3) is 3.38. The smallest absolute Gasteiger partial charge is 0.230 e. The average molecular weight is 399 g/mol. The lowest BCUT2D eigenvalue weighted by Crippen LogP contribution is -2.44. The second-order valence-corrected chi connectivity index (χ2v) is 8.19. The number of likely N-dealkylation sites (N-methyl/N-ethyl adjacent to an activating group) is 1. The van der Waals surface area contributed by atoms with E-state index in [4.69, 9.17) is 10.4 Å². The summed E-state index contributed by atoms with van der Waals surface area (Å²) in [5.74, 6) is 0.712. The predicted molar refractivity (Wildman–Crippen MR) is 124 cm³/mol. The van der Waals surface area contributed by atoms with Crippen molar-refractivity contribution in [1.29, 1.82) is 5.41 Å². The molecule has 2 aromatic carbocycles. The van der Waals surface area contributed by atoms with Crippen molar-refractivity contribution in [1.82, 2.24) is 15.3 Å². The molecular weight excluding hydrogens is 372 g/mol. The molecule has 0 spiro atoms. The first-order chi connectivity index (χ1) is 14.6. The lowest BCUT2D eigenvalue weighted by Gasteiger charge is -2.40. The average Bonchev–Trinajstić information content (AvgIpc) is 3.61. The van der Waals surface area contributed by atoms with Crippen molar-refractivity contribution in [2.75, 3.05) is 23.4 Å². The van der Waals surface area contributed by atoms with E-state index in [1.807, 2.05) is 36.7 Å². The van der Waals surface area contributed by atoms with Crippen LogP contribution in [0.15, 0.2) is 54.9 Å². The molecule has 2 heterocycles. The first-order valence-corrected chi connectivity index (χ1v) is 10.5. The molecule has 5 rings (SSSR count). The van der Waals surface area contributed by atoms with Crippen LogP contribution in [0.3, 0.4) is 0 Å². The third-order valence-corrected chi connectivity index (χ3v) is 6.01. The number of fused-ring (bicyclic) bond motifs is 2. The molecule has 1 aliphatic heterocycles. The first-order valence-electron chi connectivity index (χ1n) is 10.5. The predicted octanol–water partition coefficient (Wildman–Crippen LogP) is 4.35. The Morgan fingerprint density at radius 2 is 2.00 bits per heavy atom. The summed E-state index contributed by atoms with van der Waals surface area (Å²) in [5.41, 5.74) is 5.06. The van der Waals surface area contributed by atoms with Crippen LogP contribution in [0.1, 0.15) is 25.3 Å². The Hall–Kier alpha value is -3.41. The molecule has 30 heavy (non-hydrogen) atoms. The first kappa shape index (κ1) is 18.6. The fraction of sp³-hybridized carbons (Fsp3) is 0.292. The van der Waals surface area contributed by atoms with Crippen LogP contribution in [0.2, 0.25) is 0 Å². The summed E-state index contributed by atoms with van der Waals surface area (Å²) in [4.78, 5) is 14.0. The number of benzene rings is 2. The van der Waals surface area contributed by atoms with Crippen LogP contribution in [-0.2, 0) is 0 Å². The minimum atomic E-state index is 0.327. The van der Waals surface area contributed by atoms with Crippen molar-refractivity contribution in [3.05, 3.63) is 60.4 Å². The van der Waals surface area contributed by atoms with E-state index in [1.165, 1.54) is 19.1 Å². The molecule has 1 aliphatic carbocycles. The summed E-state index contributed by atoms with van der Waals surface area (Å²) in [7, 11) is 2.13. The number of nitrogens with zero attached hydrogens (tertiary/aromatic N) is 4. The normalized spacial score (nSPS) is 19.0. The van der Waals surface area contributed by atoms with E-state index in [0.717, 1.165) is 40.0 Å². The lowest BCUT2D eigenvalue weighted by molar-refractivity contribution is 0.654. The Bertz CT molecular complexity index is 1130. The second kappa shape index (κ2) is 7.44. The van der Waals surface area contributed by atoms with Gasteiger partial charge >= 0.3 is 0 Å². The van der Waals surface area contributed by atoms with Crippen LogP contribution in [-0.4, -0.2) is 41.9 Å². The van der Waals surface area contributed by atoms with Crippen molar-refractivity contribution < 1.29 is 0 Å². The second-order valence-electron chi connectivity index (χ2n) is 8.19. The molecule has 1 atom stereocenters. The molecule has 0 radical (unpaired) electrons. The number of nitrogens with one attached hydrogen (secondary N) is 2. The van der Waals surface area contributed by atoms with E-state index in [-0.39, 0.29) is 0 Å². The Kier molecular flexibility index (Phi) is 4.62. The van der Waals surface area contributed by atoms with E-state index in [1.54, 1.807) is 0 Å². The highest BCUT2D eigenvalue weighted by molar-refractivity contribution is 6.09. The number of hydrogen-bond donors (Lipinski definition) is 2. The molecule has 2 N–H and O–H groups in total. The summed E-state index contributed by atoms with van der Waals surface area (Å²) in [5, 5.41) is 12.3. The molecule has 152 valence electrons. The van der Waals surface area contributed by atoms with Gasteiger partial charge in [-0.2, -0.15) is 0 Å². The summed E-state index contributed by atoms with van der Waals surface area (Å²) >= 11 is 0. The van der Waals surface area contributed by atoms with Crippen LogP contribution in [0.25, 0.3) is 16.5 Å². The Morgan fingerprint density at radius 3 is 2.80 bits per heavy atom. The van der Waals surface area contributed by atoms with Crippen molar-refractivity contribution >= 4 is 40.0 Å². The molecule has 2 aliphatic rings. The van der Waals surface area contributed by atoms with E-state index in [0.29, 0.717) is 18.0 Å². The molecule has 0 bridgehead atoms. The number of allylic oxidation sites excluding steroid dienone is 1. The minimum absolute atomic E-state index is 0.327. The van der Waals surface area contributed by atoms with Gasteiger partial charge in [-0.1, -0.05) is 24.3 Å². The molecule has 3 aromatic rings. The zero-order chi connectivity index (χ0) is 20.7. The van der Waals surface area contributed by atoms with Crippen LogP contribution >= 0.6 is 0 Å². The maximum absolute atomic E-state index is 7.90. The van der Waals surface area contributed by atoms with Gasteiger partial charge in [0.2, 0.25) is 5.95 Å². The summed E-state index contributed by atoms with van der Waals surface area (Å²) in [6.07, 6.45) is 7.71. The van der Waals surface area contributed by atoms with E-state index >= 15 is 0 Å². The highest BCUT2D eigenvalue weighted by Crippen LogP contribution is 2.39. The van der Waals surface area contributed by atoms with Gasteiger partial charge in [0.1, 0.15) is 0 Å². The highest BCUT2D eigenvalue weighted by Gasteiger charge is 2.29. The molecule has 1 saturated carbocycles. The SMILES string of the molecule is CC1CN(c2ncc3ccccc3n2)c2cc(/C(C=N)=C/NC3CC3)ccc2N1C. The molecular formula is C24H26N6. The number of hydrogen-bond acceptors (Lipinski definition) is 6. The zero-order valence-corrected chi connectivity index (χ0v) is 17.3.